The average molecular weight is 255 g/mol. The lowest BCUT2D eigenvalue weighted by Crippen LogP contribution is -2.42. The number of carbonyl (C=O) groups excluding carboxylic acids is 1. The van der Waals surface area contributed by atoms with Gasteiger partial charge in [0.1, 0.15) is 0 Å². The molecular formula is C16H17NO2. The molecule has 1 saturated heterocycles. The van der Waals surface area contributed by atoms with E-state index in [4.69, 9.17) is 0 Å². The smallest absolute Gasteiger partial charge is 0.253 e. The van der Waals surface area contributed by atoms with Gasteiger partial charge in [0, 0.05) is 18.7 Å². The van der Waals surface area contributed by atoms with Gasteiger partial charge in [-0.2, -0.15) is 0 Å². The van der Waals surface area contributed by atoms with E-state index in [1.165, 1.54) is 0 Å². The van der Waals surface area contributed by atoms with Gasteiger partial charge in [-0.05, 0) is 35.7 Å². The second-order valence-electron chi connectivity index (χ2n) is 5.11. The van der Waals surface area contributed by atoms with Crippen LogP contribution < -0.4 is 0 Å². The molecule has 0 spiro atoms. The number of benzene rings is 2. The Labute approximate surface area is 112 Å². The number of piperidine rings is 1. The number of aliphatic hydroxyl groups is 1. The second kappa shape index (κ2) is 5.02. The number of likely N-dealkylation sites (tertiary alicyclic amines) is 1. The molecule has 1 aliphatic heterocycles. The third kappa shape index (κ3) is 2.47. The molecule has 0 aromatic heterocycles. The molecule has 19 heavy (non-hydrogen) atoms. The van der Waals surface area contributed by atoms with E-state index in [1.54, 1.807) is 4.90 Å². The first-order valence-electron chi connectivity index (χ1n) is 6.70. The minimum Gasteiger partial charge on any atom is -0.391 e. The van der Waals surface area contributed by atoms with Crippen LogP contribution in [0.1, 0.15) is 23.2 Å². The van der Waals surface area contributed by atoms with Crippen molar-refractivity contribution < 1.29 is 9.90 Å². The number of aliphatic hydroxyl groups excluding tert-OH is 1. The lowest BCUT2D eigenvalue weighted by Gasteiger charge is -2.30. The average Bonchev–Trinajstić information content (AvgIpc) is 2.46. The summed E-state index contributed by atoms with van der Waals surface area (Å²) in [7, 11) is 0. The number of hydrogen-bond acceptors (Lipinski definition) is 2. The Morgan fingerprint density at radius 1 is 1.16 bits per heavy atom. The van der Waals surface area contributed by atoms with Crippen molar-refractivity contribution in [1.82, 2.24) is 4.90 Å². The molecule has 98 valence electrons. The molecule has 3 heteroatoms. The summed E-state index contributed by atoms with van der Waals surface area (Å²) in [5.74, 6) is 0.0181. The number of β-amino-alcohol motifs (C(OH)–C–C–N with tert-alkyl or cyclic N) is 1. The number of carbonyl (C=O) groups is 1. The summed E-state index contributed by atoms with van der Waals surface area (Å²) in [6.07, 6.45) is 1.29. The summed E-state index contributed by atoms with van der Waals surface area (Å²) in [5, 5.41) is 11.9. The highest BCUT2D eigenvalue weighted by molar-refractivity contribution is 5.98. The maximum absolute atomic E-state index is 12.4. The zero-order valence-electron chi connectivity index (χ0n) is 10.7. The topological polar surface area (TPSA) is 40.5 Å². The molecule has 3 nitrogen and oxygen atoms in total. The van der Waals surface area contributed by atoms with E-state index < -0.39 is 0 Å². The zero-order valence-corrected chi connectivity index (χ0v) is 10.7. The highest BCUT2D eigenvalue weighted by atomic mass is 16.3. The molecule has 1 heterocycles. The Hall–Kier alpha value is -1.87. The monoisotopic (exact) mass is 255 g/mol. The van der Waals surface area contributed by atoms with Gasteiger partial charge in [0.05, 0.1) is 6.10 Å². The third-order valence-corrected chi connectivity index (χ3v) is 3.68. The van der Waals surface area contributed by atoms with Gasteiger partial charge in [0.2, 0.25) is 0 Å². The Kier molecular flexibility index (Phi) is 3.22. The highest BCUT2D eigenvalue weighted by Gasteiger charge is 2.22. The van der Waals surface area contributed by atoms with Crippen molar-refractivity contribution in [3.63, 3.8) is 0 Å². The van der Waals surface area contributed by atoms with Crippen molar-refractivity contribution in [1.29, 1.82) is 0 Å². The van der Waals surface area contributed by atoms with E-state index in [0.29, 0.717) is 12.1 Å². The summed E-state index contributed by atoms with van der Waals surface area (Å²) >= 11 is 0. The van der Waals surface area contributed by atoms with Crippen LogP contribution in [0.2, 0.25) is 0 Å². The molecule has 3 rings (SSSR count). The van der Waals surface area contributed by atoms with Crippen molar-refractivity contribution in [3.05, 3.63) is 48.0 Å². The lowest BCUT2D eigenvalue weighted by atomic mass is 10.0. The van der Waals surface area contributed by atoms with Crippen LogP contribution in [0.15, 0.2) is 42.5 Å². The normalized spacial score (nSPS) is 19.6. The Morgan fingerprint density at radius 3 is 2.74 bits per heavy atom. The number of rotatable bonds is 1. The van der Waals surface area contributed by atoms with Gasteiger partial charge >= 0.3 is 0 Å². The number of fused-ring (bicyclic) bond motifs is 1. The van der Waals surface area contributed by atoms with E-state index in [0.717, 1.165) is 30.2 Å². The highest BCUT2D eigenvalue weighted by Crippen LogP contribution is 2.19. The van der Waals surface area contributed by atoms with Crippen molar-refractivity contribution in [2.75, 3.05) is 13.1 Å². The van der Waals surface area contributed by atoms with Gasteiger partial charge in [-0.15, -0.1) is 0 Å². The first-order chi connectivity index (χ1) is 9.24. The largest absolute Gasteiger partial charge is 0.391 e. The van der Waals surface area contributed by atoms with Crippen LogP contribution in [-0.4, -0.2) is 35.1 Å². The number of nitrogens with zero attached hydrogens (tertiary/aromatic N) is 1. The van der Waals surface area contributed by atoms with E-state index in [9.17, 15) is 9.90 Å². The van der Waals surface area contributed by atoms with Crippen LogP contribution in [0.25, 0.3) is 10.8 Å². The molecule has 0 radical (unpaired) electrons. The second-order valence-corrected chi connectivity index (χ2v) is 5.11. The van der Waals surface area contributed by atoms with Crippen LogP contribution in [0.3, 0.4) is 0 Å². The van der Waals surface area contributed by atoms with E-state index in [2.05, 4.69) is 0 Å². The maximum Gasteiger partial charge on any atom is 0.253 e. The van der Waals surface area contributed by atoms with Crippen LogP contribution >= 0.6 is 0 Å². The summed E-state index contributed by atoms with van der Waals surface area (Å²) in [4.78, 5) is 14.2. The summed E-state index contributed by atoms with van der Waals surface area (Å²) in [5.41, 5.74) is 0.702. The maximum atomic E-state index is 12.4. The summed E-state index contributed by atoms with van der Waals surface area (Å²) < 4.78 is 0. The molecule has 1 N–H and O–H groups in total. The van der Waals surface area contributed by atoms with Gasteiger partial charge in [0.15, 0.2) is 0 Å². The van der Waals surface area contributed by atoms with E-state index >= 15 is 0 Å². The van der Waals surface area contributed by atoms with Gasteiger partial charge in [-0.3, -0.25) is 4.79 Å². The zero-order chi connectivity index (χ0) is 13.2. The van der Waals surface area contributed by atoms with Crippen molar-refractivity contribution in [3.8, 4) is 0 Å². The van der Waals surface area contributed by atoms with Crippen LogP contribution in [0.4, 0.5) is 0 Å². The Morgan fingerprint density at radius 2 is 1.95 bits per heavy atom. The first kappa shape index (κ1) is 12.2. The molecule has 1 fully saturated rings. The summed E-state index contributed by atoms with van der Waals surface area (Å²) in [6, 6.07) is 13.8. The SMILES string of the molecule is O=C(c1ccc2ccccc2c1)N1CCC[C@H](O)C1. The van der Waals surface area contributed by atoms with Gasteiger partial charge in [-0.1, -0.05) is 30.3 Å². The Bertz CT molecular complexity index is 608. The predicted molar refractivity (Wildman–Crippen MR) is 75.1 cm³/mol. The molecule has 1 amide bonds. The van der Waals surface area contributed by atoms with Crippen LogP contribution in [-0.2, 0) is 0 Å². The quantitative estimate of drug-likeness (QED) is 0.850. The molecule has 2 aromatic carbocycles. The molecule has 0 unspecified atom stereocenters. The molecule has 0 bridgehead atoms. The number of hydrogen-bond donors (Lipinski definition) is 1. The molecular weight excluding hydrogens is 238 g/mol. The van der Waals surface area contributed by atoms with E-state index in [-0.39, 0.29) is 12.0 Å². The fraction of sp³-hybridized carbons (Fsp3) is 0.312. The fourth-order valence-electron chi connectivity index (χ4n) is 2.64. The minimum absolute atomic E-state index is 0.0181. The van der Waals surface area contributed by atoms with Crippen LogP contribution in [0.5, 0.6) is 0 Å². The van der Waals surface area contributed by atoms with Gasteiger partial charge in [0.25, 0.3) is 5.91 Å². The molecule has 0 saturated carbocycles. The van der Waals surface area contributed by atoms with Crippen molar-refractivity contribution in [2.24, 2.45) is 0 Å². The predicted octanol–water partition coefficient (Wildman–Crippen LogP) is 2.44. The minimum atomic E-state index is -0.377. The number of amides is 1. The standard InChI is InChI=1S/C16H17NO2/c18-15-6-3-9-17(11-15)16(19)14-8-7-12-4-1-2-5-13(12)10-14/h1-2,4-5,7-8,10,15,18H,3,6,9,11H2/t15-/m0/s1. The van der Waals surface area contributed by atoms with Crippen LogP contribution in [0, 0.1) is 0 Å². The fourth-order valence-corrected chi connectivity index (χ4v) is 2.64. The molecule has 2 aromatic rings. The lowest BCUT2D eigenvalue weighted by molar-refractivity contribution is 0.0474. The molecule has 1 aliphatic rings. The first-order valence-corrected chi connectivity index (χ1v) is 6.70. The van der Waals surface area contributed by atoms with E-state index in [1.807, 2.05) is 42.5 Å². The molecule has 1 atom stereocenters. The van der Waals surface area contributed by atoms with Crippen molar-refractivity contribution in [2.45, 2.75) is 18.9 Å². The summed E-state index contributed by atoms with van der Waals surface area (Å²) in [6.45, 7) is 1.19. The van der Waals surface area contributed by atoms with Crippen molar-refractivity contribution >= 4 is 16.7 Å². The molecule has 0 aliphatic carbocycles. The Balaban J connectivity index is 1.88. The van der Waals surface area contributed by atoms with Gasteiger partial charge < -0.3 is 10.0 Å². The third-order valence-electron chi connectivity index (χ3n) is 3.68. The van der Waals surface area contributed by atoms with Gasteiger partial charge in [-0.25, -0.2) is 0 Å².